The summed E-state index contributed by atoms with van der Waals surface area (Å²) in [6.07, 6.45) is 2.47. The molecule has 5 heteroatoms. The van der Waals surface area contributed by atoms with Crippen LogP contribution in [0.3, 0.4) is 0 Å². The number of nitrogens with zero attached hydrogens (tertiary/aromatic N) is 1. The first-order chi connectivity index (χ1) is 13.9. The zero-order valence-electron chi connectivity index (χ0n) is 17.2. The van der Waals surface area contributed by atoms with Crippen molar-refractivity contribution in [1.82, 2.24) is 10.2 Å². The van der Waals surface area contributed by atoms with E-state index < -0.39 is 0 Å². The molecule has 2 aromatic carbocycles. The van der Waals surface area contributed by atoms with Crippen molar-refractivity contribution >= 4 is 17.5 Å². The van der Waals surface area contributed by atoms with E-state index in [2.05, 4.69) is 36.2 Å². The molecule has 0 aromatic heterocycles. The standard InChI is InChI=1S/C24H30ClFN2O/c1-17(2)15-23(18-7-4-3-5-8-18)27-24(29)19-11-13-28(14-12-19)16-20-21(25)9-6-10-22(20)26/h3-10,17,19,23H,11-16H2,1-2H3,(H,27,29). The number of carbonyl (C=O) groups excluding carboxylic acids is 1. The van der Waals surface area contributed by atoms with Gasteiger partial charge in [0.15, 0.2) is 0 Å². The third-order valence-electron chi connectivity index (χ3n) is 5.63. The first-order valence-corrected chi connectivity index (χ1v) is 10.8. The van der Waals surface area contributed by atoms with Gasteiger partial charge in [-0.3, -0.25) is 9.69 Å². The van der Waals surface area contributed by atoms with Gasteiger partial charge in [-0.2, -0.15) is 0 Å². The maximum absolute atomic E-state index is 14.0. The minimum atomic E-state index is -0.267. The average molecular weight is 417 g/mol. The number of halogens is 2. The summed E-state index contributed by atoms with van der Waals surface area (Å²) in [5, 5.41) is 3.74. The Kier molecular flexibility index (Phi) is 7.68. The summed E-state index contributed by atoms with van der Waals surface area (Å²) >= 11 is 6.15. The summed E-state index contributed by atoms with van der Waals surface area (Å²) in [6.45, 7) is 6.37. The number of hydrogen-bond donors (Lipinski definition) is 1. The van der Waals surface area contributed by atoms with Crippen LogP contribution < -0.4 is 5.32 Å². The van der Waals surface area contributed by atoms with Gasteiger partial charge < -0.3 is 5.32 Å². The van der Waals surface area contributed by atoms with Crippen LogP contribution in [0.25, 0.3) is 0 Å². The molecule has 3 nitrogen and oxygen atoms in total. The second kappa shape index (κ2) is 10.2. The lowest BCUT2D eigenvalue weighted by molar-refractivity contribution is -0.127. The number of rotatable bonds is 7. The maximum Gasteiger partial charge on any atom is 0.223 e. The second-order valence-corrected chi connectivity index (χ2v) is 8.76. The molecule has 1 saturated heterocycles. The minimum absolute atomic E-state index is 0.000664. The number of piperidine rings is 1. The third kappa shape index (κ3) is 6.03. The van der Waals surface area contributed by atoms with Crippen molar-refractivity contribution in [2.45, 2.75) is 45.7 Å². The Bertz CT molecular complexity index is 784. The van der Waals surface area contributed by atoms with E-state index in [0.29, 0.717) is 23.0 Å². The van der Waals surface area contributed by atoms with Crippen molar-refractivity contribution in [3.05, 3.63) is 70.5 Å². The lowest BCUT2D eigenvalue weighted by Gasteiger charge is -2.32. The zero-order chi connectivity index (χ0) is 20.8. The fraction of sp³-hybridized carbons (Fsp3) is 0.458. The highest BCUT2D eigenvalue weighted by Crippen LogP contribution is 2.26. The Balaban J connectivity index is 1.56. The molecule has 0 bridgehead atoms. The Morgan fingerprint density at radius 2 is 1.83 bits per heavy atom. The maximum atomic E-state index is 14.0. The van der Waals surface area contributed by atoms with Gasteiger partial charge in [-0.05, 0) is 56.0 Å². The second-order valence-electron chi connectivity index (χ2n) is 8.35. The number of hydrogen-bond acceptors (Lipinski definition) is 2. The number of amides is 1. The van der Waals surface area contributed by atoms with Gasteiger partial charge in [0.2, 0.25) is 5.91 Å². The number of nitrogens with one attached hydrogen (secondary N) is 1. The van der Waals surface area contributed by atoms with Crippen molar-refractivity contribution in [2.24, 2.45) is 11.8 Å². The molecule has 1 unspecified atom stereocenters. The Hall–Kier alpha value is -1.91. The first-order valence-electron chi connectivity index (χ1n) is 10.4. The smallest absolute Gasteiger partial charge is 0.223 e. The molecule has 1 amide bonds. The van der Waals surface area contributed by atoms with E-state index in [1.165, 1.54) is 6.07 Å². The van der Waals surface area contributed by atoms with Crippen LogP contribution in [-0.4, -0.2) is 23.9 Å². The summed E-state index contributed by atoms with van der Waals surface area (Å²) in [7, 11) is 0. The lowest BCUT2D eigenvalue weighted by atomic mass is 9.92. The highest BCUT2D eigenvalue weighted by Gasteiger charge is 2.27. The van der Waals surface area contributed by atoms with Gasteiger partial charge >= 0.3 is 0 Å². The van der Waals surface area contributed by atoms with E-state index in [1.54, 1.807) is 12.1 Å². The van der Waals surface area contributed by atoms with Crippen molar-refractivity contribution in [1.29, 1.82) is 0 Å². The molecule has 1 aliphatic rings. The summed E-state index contributed by atoms with van der Waals surface area (Å²) in [5.74, 6) is 0.355. The van der Waals surface area contributed by atoms with Crippen LogP contribution in [-0.2, 0) is 11.3 Å². The van der Waals surface area contributed by atoms with Gasteiger partial charge in [0.1, 0.15) is 5.82 Å². The normalized spacial score (nSPS) is 16.7. The molecule has 3 rings (SSSR count). The van der Waals surface area contributed by atoms with Crippen LogP contribution in [0.2, 0.25) is 5.02 Å². The molecule has 2 aromatic rings. The minimum Gasteiger partial charge on any atom is -0.349 e. The van der Waals surface area contributed by atoms with Crippen LogP contribution in [0.4, 0.5) is 4.39 Å². The SMILES string of the molecule is CC(C)CC(NC(=O)C1CCN(Cc2c(F)cccc2Cl)CC1)c1ccccc1. The van der Waals surface area contributed by atoms with Crippen LogP contribution >= 0.6 is 11.6 Å². The highest BCUT2D eigenvalue weighted by molar-refractivity contribution is 6.31. The van der Waals surface area contributed by atoms with E-state index in [9.17, 15) is 9.18 Å². The molecule has 0 radical (unpaired) electrons. The molecule has 1 aliphatic heterocycles. The predicted molar refractivity (Wildman–Crippen MR) is 116 cm³/mol. The quantitative estimate of drug-likeness (QED) is 0.637. The van der Waals surface area contributed by atoms with Crippen LogP contribution in [0, 0.1) is 17.7 Å². The number of likely N-dealkylation sites (tertiary alicyclic amines) is 1. The fourth-order valence-corrected chi connectivity index (χ4v) is 4.21. The molecular weight excluding hydrogens is 387 g/mol. The molecule has 29 heavy (non-hydrogen) atoms. The fourth-order valence-electron chi connectivity index (χ4n) is 3.98. The zero-order valence-corrected chi connectivity index (χ0v) is 18.0. The molecule has 0 saturated carbocycles. The monoisotopic (exact) mass is 416 g/mol. The van der Waals surface area contributed by atoms with Gasteiger partial charge in [0.05, 0.1) is 6.04 Å². The molecule has 1 atom stereocenters. The van der Waals surface area contributed by atoms with Crippen LogP contribution in [0.5, 0.6) is 0 Å². The highest BCUT2D eigenvalue weighted by atomic mass is 35.5. The van der Waals surface area contributed by atoms with Gasteiger partial charge in [-0.15, -0.1) is 0 Å². The summed E-state index contributed by atoms with van der Waals surface area (Å²) < 4.78 is 14.0. The topological polar surface area (TPSA) is 32.3 Å². The summed E-state index contributed by atoms with van der Waals surface area (Å²) in [5.41, 5.74) is 1.69. The average Bonchev–Trinajstić information content (AvgIpc) is 2.71. The molecule has 0 spiro atoms. The summed E-state index contributed by atoms with van der Waals surface area (Å²) in [4.78, 5) is 15.1. The number of carbonyl (C=O) groups is 1. The molecule has 0 aliphatic carbocycles. The number of benzene rings is 2. The molecular formula is C24H30ClFN2O. The first kappa shape index (κ1) is 21.8. The molecule has 1 fully saturated rings. The molecule has 1 heterocycles. The predicted octanol–water partition coefficient (Wildman–Crippen LogP) is 5.59. The lowest BCUT2D eigenvalue weighted by Crippen LogP contribution is -2.41. The van der Waals surface area contributed by atoms with Crippen LogP contribution in [0.15, 0.2) is 48.5 Å². The van der Waals surface area contributed by atoms with E-state index in [1.807, 2.05) is 18.2 Å². The van der Waals surface area contributed by atoms with Crippen molar-refractivity contribution in [3.63, 3.8) is 0 Å². The van der Waals surface area contributed by atoms with E-state index in [4.69, 9.17) is 11.6 Å². The Morgan fingerprint density at radius 3 is 2.45 bits per heavy atom. The van der Waals surface area contributed by atoms with Crippen molar-refractivity contribution in [3.8, 4) is 0 Å². The third-order valence-corrected chi connectivity index (χ3v) is 5.98. The van der Waals surface area contributed by atoms with Gasteiger partial charge in [0.25, 0.3) is 0 Å². The van der Waals surface area contributed by atoms with Crippen molar-refractivity contribution in [2.75, 3.05) is 13.1 Å². The van der Waals surface area contributed by atoms with E-state index in [0.717, 1.165) is 37.9 Å². The largest absolute Gasteiger partial charge is 0.349 e. The Labute approximate surface area is 178 Å². The molecule has 1 N–H and O–H groups in total. The van der Waals surface area contributed by atoms with Gasteiger partial charge in [-0.25, -0.2) is 4.39 Å². The Morgan fingerprint density at radius 1 is 1.14 bits per heavy atom. The van der Waals surface area contributed by atoms with Gasteiger partial charge in [-0.1, -0.05) is 61.8 Å². The summed E-state index contributed by atoms with van der Waals surface area (Å²) in [6, 6.07) is 15.0. The van der Waals surface area contributed by atoms with Crippen molar-refractivity contribution < 1.29 is 9.18 Å². The molecule has 156 valence electrons. The van der Waals surface area contributed by atoms with Crippen LogP contribution in [0.1, 0.15) is 50.3 Å². The van der Waals surface area contributed by atoms with E-state index >= 15 is 0 Å². The van der Waals surface area contributed by atoms with E-state index in [-0.39, 0.29) is 23.7 Å². The van der Waals surface area contributed by atoms with Gasteiger partial charge in [0, 0.05) is 23.0 Å².